The Morgan fingerprint density at radius 1 is 1.29 bits per heavy atom. The van der Waals surface area contributed by atoms with E-state index in [-0.39, 0.29) is 22.3 Å². The van der Waals surface area contributed by atoms with Crippen LogP contribution in [0.25, 0.3) is 10.4 Å². The molecule has 0 rings (SSSR count). The lowest BCUT2D eigenvalue weighted by Crippen LogP contribution is -1.22. The molecular formula is C4H15N3. The van der Waals surface area contributed by atoms with Crippen molar-refractivity contribution in [3.63, 3.8) is 0 Å². The molecule has 0 spiro atoms. The van der Waals surface area contributed by atoms with E-state index >= 15 is 0 Å². The van der Waals surface area contributed by atoms with E-state index in [1.165, 1.54) is 7.05 Å². The van der Waals surface area contributed by atoms with Crippen LogP contribution in [0.1, 0.15) is 22.3 Å². The van der Waals surface area contributed by atoms with E-state index in [0.29, 0.717) is 0 Å². The SMILES string of the molecule is C.C.C.CN=[N+]=[N-]. The summed E-state index contributed by atoms with van der Waals surface area (Å²) in [6, 6.07) is 0. The molecular weight excluding hydrogens is 90.1 g/mol. The molecule has 0 amide bonds. The zero-order valence-electron chi connectivity index (χ0n) is 2.34. The van der Waals surface area contributed by atoms with Crippen LogP contribution in [-0.2, 0) is 0 Å². The van der Waals surface area contributed by atoms with E-state index in [1.807, 2.05) is 0 Å². The highest BCUT2D eigenvalue weighted by molar-refractivity contribution is 4.30. The summed E-state index contributed by atoms with van der Waals surface area (Å²) in [6.07, 6.45) is 0. The van der Waals surface area contributed by atoms with Crippen LogP contribution in [0.3, 0.4) is 0 Å². The lowest BCUT2D eigenvalue weighted by atomic mass is 11.6. The molecule has 0 bridgehead atoms. The third kappa shape index (κ3) is 605. The molecule has 0 aromatic rings. The van der Waals surface area contributed by atoms with Crippen molar-refractivity contribution in [2.45, 2.75) is 22.3 Å². The van der Waals surface area contributed by atoms with Gasteiger partial charge in [-0.25, -0.2) is 0 Å². The van der Waals surface area contributed by atoms with Crippen LogP contribution in [-0.4, -0.2) is 7.05 Å². The van der Waals surface area contributed by atoms with Crippen LogP contribution in [0, 0.1) is 0 Å². The molecule has 0 heterocycles. The first kappa shape index (κ1) is 33.3. The first-order valence-electron chi connectivity index (χ1n) is 0.847. The highest BCUT2D eigenvalue weighted by Gasteiger charge is 1.27. The summed E-state index contributed by atoms with van der Waals surface area (Å²) < 4.78 is 0. The molecule has 0 aliphatic rings. The molecule has 7 heavy (non-hydrogen) atoms. The van der Waals surface area contributed by atoms with E-state index in [9.17, 15) is 0 Å². The fourth-order valence-electron chi connectivity index (χ4n) is 0. The molecule has 0 fully saturated rings. The van der Waals surface area contributed by atoms with Crippen LogP contribution in [0.5, 0.6) is 0 Å². The Hall–Kier alpha value is -0.690. The van der Waals surface area contributed by atoms with Crippen molar-refractivity contribution in [2.24, 2.45) is 5.11 Å². The minimum Gasteiger partial charge on any atom is -0.0973 e. The smallest absolute Gasteiger partial charge is 0.0139 e. The number of hydrogen-bond donors (Lipinski definition) is 0. The number of nitrogens with zero attached hydrogens (tertiary/aromatic N) is 3. The van der Waals surface area contributed by atoms with Crippen LogP contribution < -0.4 is 0 Å². The molecule has 0 N–H and O–H groups in total. The molecule has 0 aliphatic carbocycles. The Morgan fingerprint density at radius 3 is 1.43 bits per heavy atom. The second kappa shape index (κ2) is 57.5. The molecule has 3 nitrogen and oxygen atoms in total. The van der Waals surface area contributed by atoms with Gasteiger partial charge in [0.15, 0.2) is 0 Å². The highest BCUT2D eigenvalue weighted by Crippen LogP contribution is 1.46. The van der Waals surface area contributed by atoms with Gasteiger partial charge in [-0.05, 0) is 5.53 Å². The van der Waals surface area contributed by atoms with Gasteiger partial charge < -0.3 is 0 Å². The van der Waals surface area contributed by atoms with Gasteiger partial charge in [-0.1, -0.05) is 27.4 Å². The summed E-state index contributed by atoms with van der Waals surface area (Å²) in [5.74, 6) is 0. The normalized spacial score (nSPS) is 2.43. The zero-order chi connectivity index (χ0) is 3.41. The zero-order valence-corrected chi connectivity index (χ0v) is 2.34. The van der Waals surface area contributed by atoms with Crippen LogP contribution in [0.4, 0.5) is 0 Å². The Morgan fingerprint density at radius 2 is 1.43 bits per heavy atom. The average Bonchev–Trinajstić information content (AvgIpc) is 1.37. The Labute approximate surface area is 46.0 Å². The van der Waals surface area contributed by atoms with Gasteiger partial charge in [-0.15, -0.1) is 0 Å². The van der Waals surface area contributed by atoms with Gasteiger partial charge in [0.05, 0.1) is 0 Å². The Balaban J connectivity index is -0.0000000150. The minimum absolute atomic E-state index is 0. The maximum atomic E-state index is 7.33. The van der Waals surface area contributed by atoms with Crippen LogP contribution >= 0.6 is 0 Å². The lowest BCUT2D eigenvalue weighted by molar-refractivity contribution is 1.40. The molecule has 3 heteroatoms. The molecule has 0 unspecified atom stereocenters. The minimum atomic E-state index is 0. The van der Waals surface area contributed by atoms with E-state index in [0.717, 1.165) is 0 Å². The Kier molecular flexibility index (Phi) is 274. The van der Waals surface area contributed by atoms with E-state index in [2.05, 4.69) is 10.0 Å². The summed E-state index contributed by atoms with van der Waals surface area (Å²) in [5.41, 5.74) is 7.33. The average molecular weight is 105 g/mol. The van der Waals surface area contributed by atoms with Gasteiger partial charge in [0, 0.05) is 12.0 Å². The lowest BCUT2D eigenvalue weighted by Gasteiger charge is -1.35. The summed E-state index contributed by atoms with van der Waals surface area (Å²) in [6.45, 7) is 0. The maximum Gasteiger partial charge on any atom is 0.0139 e. The van der Waals surface area contributed by atoms with Crippen molar-refractivity contribution in [1.82, 2.24) is 0 Å². The van der Waals surface area contributed by atoms with Crippen LogP contribution in [0.15, 0.2) is 5.11 Å². The first-order valence-corrected chi connectivity index (χ1v) is 0.847. The fourth-order valence-corrected chi connectivity index (χ4v) is 0. The van der Waals surface area contributed by atoms with E-state index in [4.69, 9.17) is 5.53 Å². The van der Waals surface area contributed by atoms with E-state index in [1.54, 1.807) is 0 Å². The number of hydrogen-bond acceptors (Lipinski definition) is 1. The molecule has 0 aromatic heterocycles. The highest BCUT2D eigenvalue weighted by atomic mass is 15.1. The standard InChI is InChI=1S/CH3N3.3CH4/c1-3-4-2;;;/h1H3;3*1H4. The molecule has 0 radical (unpaired) electrons. The quantitative estimate of drug-likeness (QED) is 0.258. The molecule has 0 atom stereocenters. The van der Waals surface area contributed by atoms with Crippen LogP contribution in [0.2, 0.25) is 0 Å². The van der Waals surface area contributed by atoms with Crippen molar-refractivity contribution >= 4 is 0 Å². The second-order valence-electron chi connectivity index (χ2n) is 0.289. The predicted octanol–water partition coefficient (Wildman–Crippen LogP) is 2.83. The fraction of sp³-hybridized carbons (Fsp3) is 1.00. The van der Waals surface area contributed by atoms with Gasteiger partial charge >= 0.3 is 0 Å². The predicted molar refractivity (Wildman–Crippen MR) is 35.3 cm³/mol. The topological polar surface area (TPSA) is 48.8 Å². The summed E-state index contributed by atoms with van der Waals surface area (Å²) in [7, 11) is 1.39. The van der Waals surface area contributed by atoms with Gasteiger partial charge in [0.25, 0.3) is 0 Å². The van der Waals surface area contributed by atoms with E-state index < -0.39 is 0 Å². The first-order chi connectivity index (χ1) is 1.91. The number of rotatable bonds is 0. The van der Waals surface area contributed by atoms with Crippen molar-refractivity contribution < 1.29 is 0 Å². The van der Waals surface area contributed by atoms with Crippen molar-refractivity contribution in [2.75, 3.05) is 7.05 Å². The van der Waals surface area contributed by atoms with Crippen molar-refractivity contribution in [3.05, 3.63) is 10.4 Å². The van der Waals surface area contributed by atoms with Crippen molar-refractivity contribution in [1.29, 1.82) is 0 Å². The maximum absolute atomic E-state index is 7.33. The summed E-state index contributed by atoms with van der Waals surface area (Å²) >= 11 is 0. The van der Waals surface area contributed by atoms with Gasteiger partial charge in [0.1, 0.15) is 0 Å². The largest absolute Gasteiger partial charge is 0.0973 e. The van der Waals surface area contributed by atoms with Gasteiger partial charge in [0.2, 0.25) is 0 Å². The third-order valence-corrected chi connectivity index (χ3v) is 0.0894. The summed E-state index contributed by atoms with van der Waals surface area (Å²) in [5, 5.41) is 2.92. The molecule has 0 saturated carbocycles. The summed E-state index contributed by atoms with van der Waals surface area (Å²) in [4.78, 5) is 2.36. The Bertz CT molecular complexity index is 44.9. The molecule has 0 aromatic carbocycles. The molecule has 0 saturated heterocycles. The monoisotopic (exact) mass is 105 g/mol. The van der Waals surface area contributed by atoms with Gasteiger partial charge in [-0.3, -0.25) is 0 Å². The number of azide groups is 1. The third-order valence-electron chi connectivity index (χ3n) is 0.0894. The second-order valence-corrected chi connectivity index (χ2v) is 0.289. The molecule has 0 aliphatic heterocycles. The van der Waals surface area contributed by atoms with Crippen molar-refractivity contribution in [3.8, 4) is 0 Å². The van der Waals surface area contributed by atoms with Gasteiger partial charge in [-0.2, -0.15) is 0 Å². The molecule has 46 valence electrons.